The number of benzene rings is 3. The fraction of sp³-hybridized carbons (Fsp3) is 0.296. The maximum Gasteiger partial charge on any atom is 0.253 e. The minimum absolute atomic E-state index is 0.120. The van der Waals surface area contributed by atoms with E-state index in [1.807, 2.05) is 0 Å². The second-order valence-corrected chi connectivity index (χ2v) is 11.0. The Bertz CT molecular complexity index is 1220. The average Bonchev–Trinajstić information content (AvgIpc) is 3.00. The zero-order valence-corrected chi connectivity index (χ0v) is 20.8. The van der Waals surface area contributed by atoms with Crippen LogP contribution in [0.1, 0.15) is 27.9 Å². The minimum atomic E-state index is -3.52. The molecule has 0 spiro atoms. The number of hydrogen-bond acceptors (Lipinski definition) is 4. The van der Waals surface area contributed by atoms with Crippen molar-refractivity contribution in [1.29, 1.82) is 0 Å². The molecule has 1 aliphatic heterocycles. The summed E-state index contributed by atoms with van der Waals surface area (Å²) in [5.41, 5.74) is 5.63. The molecule has 3 aromatic carbocycles. The first kappa shape index (κ1) is 24.0. The number of fused-ring (bicyclic) bond motifs is 2. The second-order valence-electron chi connectivity index (χ2n) is 8.80. The van der Waals surface area contributed by atoms with Gasteiger partial charge in [-0.15, -0.1) is 0 Å². The van der Waals surface area contributed by atoms with Crippen LogP contribution >= 0.6 is 0 Å². The Morgan fingerprint density at radius 2 is 1.35 bits per heavy atom. The van der Waals surface area contributed by atoms with Crippen molar-refractivity contribution < 1.29 is 13.2 Å². The van der Waals surface area contributed by atoms with E-state index >= 15 is 0 Å². The van der Waals surface area contributed by atoms with E-state index in [2.05, 4.69) is 53.4 Å². The first-order valence-electron chi connectivity index (χ1n) is 11.5. The summed E-state index contributed by atoms with van der Waals surface area (Å²) in [6.45, 7) is 1.39. The van der Waals surface area contributed by atoms with Crippen LogP contribution in [0.5, 0.6) is 0 Å². The average molecular weight is 478 g/mol. The van der Waals surface area contributed by atoms with Crippen molar-refractivity contribution in [2.24, 2.45) is 0 Å². The third-order valence-electron chi connectivity index (χ3n) is 6.33. The lowest BCUT2D eigenvalue weighted by atomic mass is 10.0. The first-order chi connectivity index (χ1) is 16.3. The molecule has 7 heteroatoms. The summed E-state index contributed by atoms with van der Waals surface area (Å²) < 4.78 is 25.7. The van der Waals surface area contributed by atoms with Gasteiger partial charge >= 0.3 is 0 Å². The van der Waals surface area contributed by atoms with Crippen molar-refractivity contribution in [2.45, 2.75) is 24.2 Å². The third-order valence-corrected chi connectivity index (χ3v) is 8.16. The molecule has 3 aromatic rings. The van der Waals surface area contributed by atoms with E-state index in [4.69, 9.17) is 0 Å². The molecule has 0 radical (unpaired) electrons. The number of sulfonamides is 1. The summed E-state index contributed by atoms with van der Waals surface area (Å²) >= 11 is 0. The molecule has 34 heavy (non-hydrogen) atoms. The van der Waals surface area contributed by atoms with Gasteiger partial charge in [0.15, 0.2) is 0 Å². The number of carbonyl (C=O) groups is 1. The fourth-order valence-electron chi connectivity index (χ4n) is 4.38. The minimum Gasteiger partial charge on any atom is -0.342 e. The largest absolute Gasteiger partial charge is 0.342 e. The molecule has 1 aliphatic rings. The smallest absolute Gasteiger partial charge is 0.253 e. The molecule has 1 amide bonds. The van der Waals surface area contributed by atoms with Crippen LogP contribution in [0.3, 0.4) is 0 Å². The van der Waals surface area contributed by atoms with Crippen molar-refractivity contribution in [3.63, 3.8) is 0 Å². The number of hydrogen-bond donors (Lipinski definition) is 0. The van der Waals surface area contributed by atoms with Crippen LogP contribution in [0.4, 0.5) is 11.4 Å². The highest BCUT2D eigenvalue weighted by Crippen LogP contribution is 2.35. The number of rotatable bonds is 7. The van der Waals surface area contributed by atoms with Crippen LogP contribution in [0.2, 0.25) is 0 Å². The molecule has 178 valence electrons. The van der Waals surface area contributed by atoms with E-state index in [0.29, 0.717) is 12.1 Å². The van der Waals surface area contributed by atoms with Gasteiger partial charge in [-0.1, -0.05) is 36.4 Å². The van der Waals surface area contributed by atoms with E-state index < -0.39 is 10.0 Å². The lowest BCUT2D eigenvalue weighted by Gasteiger charge is -2.28. The van der Waals surface area contributed by atoms with Gasteiger partial charge in [0, 0.05) is 51.2 Å². The fourth-order valence-corrected chi connectivity index (χ4v) is 5.28. The highest BCUT2D eigenvalue weighted by atomic mass is 32.2. The third kappa shape index (κ3) is 4.86. The molecule has 0 atom stereocenters. The maximum absolute atomic E-state index is 12.9. The van der Waals surface area contributed by atoms with Gasteiger partial charge in [0.25, 0.3) is 5.91 Å². The molecule has 0 saturated carbocycles. The van der Waals surface area contributed by atoms with E-state index in [-0.39, 0.29) is 10.8 Å². The molecule has 1 heterocycles. The Morgan fingerprint density at radius 3 is 1.88 bits per heavy atom. The van der Waals surface area contributed by atoms with Crippen LogP contribution < -0.4 is 4.90 Å². The number of carbonyl (C=O) groups excluding carboxylic acids is 1. The van der Waals surface area contributed by atoms with Crippen molar-refractivity contribution >= 4 is 27.3 Å². The zero-order chi connectivity index (χ0) is 24.3. The molecular formula is C27H31N3O3S. The second kappa shape index (κ2) is 9.99. The number of anilines is 2. The van der Waals surface area contributed by atoms with Crippen molar-refractivity contribution in [2.75, 3.05) is 39.1 Å². The molecule has 4 rings (SSSR count). The lowest BCUT2D eigenvalue weighted by molar-refractivity contribution is 0.0794. The van der Waals surface area contributed by atoms with Gasteiger partial charge in [-0.3, -0.25) is 4.79 Å². The van der Waals surface area contributed by atoms with Crippen LogP contribution in [0, 0.1) is 0 Å². The standard InChI is InChI=1S/C27H31N3O3S/c1-28(2)34(32,33)24-17-15-23(16-18-24)27(31)29(3)19-8-20-30-25-11-6-4-9-21(25)13-14-22-10-5-7-12-26(22)30/h4-7,9-12,15-18H,8,13-14,19-20H2,1-3H3. The van der Waals surface area contributed by atoms with Crippen LogP contribution in [0.25, 0.3) is 0 Å². The quantitative estimate of drug-likeness (QED) is 0.508. The zero-order valence-electron chi connectivity index (χ0n) is 19.9. The summed E-state index contributed by atoms with van der Waals surface area (Å²) in [7, 11) is 1.25. The molecule has 0 aliphatic carbocycles. The molecule has 0 aromatic heterocycles. The highest BCUT2D eigenvalue weighted by Gasteiger charge is 2.21. The SMILES string of the molecule is CN(CCCN1c2ccccc2CCc2ccccc21)C(=O)c1ccc(S(=O)(=O)N(C)C)cc1. The Balaban J connectivity index is 1.44. The van der Waals surface area contributed by atoms with Gasteiger partial charge in [0.2, 0.25) is 10.0 Å². The van der Waals surface area contributed by atoms with Crippen molar-refractivity contribution in [1.82, 2.24) is 9.21 Å². The van der Waals surface area contributed by atoms with Gasteiger partial charge in [-0.2, -0.15) is 0 Å². The Kier molecular flexibility index (Phi) is 7.05. The molecule has 0 fully saturated rings. The molecular weight excluding hydrogens is 446 g/mol. The first-order valence-corrected chi connectivity index (χ1v) is 12.9. The van der Waals surface area contributed by atoms with Crippen LogP contribution in [-0.4, -0.2) is 57.8 Å². The predicted octanol–water partition coefficient (Wildman–Crippen LogP) is 4.34. The van der Waals surface area contributed by atoms with E-state index in [1.54, 1.807) is 24.1 Å². The van der Waals surface area contributed by atoms with Gasteiger partial charge in [0.05, 0.1) is 4.90 Å². The summed E-state index contributed by atoms with van der Waals surface area (Å²) in [5.74, 6) is -0.120. The van der Waals surface area contributed by atoms with Gasteiger partial charge < -0.3 is 9.80 Å². The van der Waals surface area contributed by atoms with Gasteiger partial charge in [-0.25, -0.2) is 12.7 Å². The summed E-state index contributed by atoms with van der Waals surface area (Å²) in [6, 6.07) is 23.2. The molecule has 0 bridgehead atoms. The Hall–Kier alpha value is -3.16. The summed E-state index contributed by atoms with van der Waals surface area (Å²) in [4.78, 5) is 17.2. The summed E-state index contributed by atoms with van der Waals surface area (Å²) in [6.07, 6.45) is 2.83. The van der Waals surface area contributed by atoms with E-state index in [9.17, 15) is 13.2 Å². The van der Waals surface area contributed by atoms with Gasteiger partial charge in [0.1, 0.15) is 0 Å². The van der Waals surface area contributed by atoms with Crippen LogP contribution in [0.15, 0.2) is 77.7 Å². The summed E-state index contributed by atoms with van der Waals surface area (Å²) in [5, 5.41) is 0. The number of para-hydroxylation sites is 2. The number of aryl methyl sites for hydroxylation is 2. The monoisotopic (exact) mass is 477 g/mol. The van der Waals surface area contributed by atoms with Crippen molar-refractivity contribution in [3.05, 3.63) is 89.5 Å². The maximum atomic E-state index is 12.9. The topological polar surface area (TPSA) is 60.9 Å². The van der Waals surface area contributed by atoms with Gasteiger partial charge in [-0.05, 0) is 66.8 Å². The Morgan fingerprint density at radius 1 is 0.824 bits per heavy atom. The van der Waals surface area contributed by atoms with E-state index in [0.717, 1.165) is 30.1 Å². The molecule has 0 saturated heterocycles. The number of amides is 1. The van der Waals surface area contributed by atoms with Crippen LogP contribution in [-0.2, 0) is 22.9 Å². The number of nitrogens with zero attached hydrogens (tertiary/aromatic N) is 3. The lowest BCUT2D eigenvalue weighted by Crippen LogP contribution is -2.30. The van der Waals surface area contributed by atoms with Crippen molar-refractivity contribution in [3.8, 4) is 0 Å². The molecule has 0 unspecified atom stereocenters. The predicted molar refractivity (Wildman–Crippen MR) is 136 cm³/mol. The van der Waals surface area contributed by atoms with E-state index in [1.165, 1.54) is 48.7 Å². The normalized spacial score (nSPS) is 13.2. The Labute approximate surface area is 202 Å². The highest BCUT2D eigenvalue weighted by molar-refractivity contribution is 7.89. The molecule has 6 nitrogen and oxygen atoms in total. The molecule has 0 N–H and O–H groups in total.